The Morgan fingerprint density at radius 3 is 2.79 bits per heavy atom. The molecule has 0 spiro atoms. The third-order valence-electron chi connectivity index (χ3n) is 3.63. The van der Waals surface area contributed by atoms with Gasteiger partial charge in [0.15, 0.2) is 6.61 Å². The molecule has 0 radical (unpaired) electrons. The number of hydrogen-bond acceptors (Lipinski definition) is 3. The molecular weight excluding hydrogens is 240 g/mol. The summed E-state index contributed by atoms with van der Waals surface area (Å²) in [4.78, 5) is 11.9. The lowest BCUT2D eigenvalue weighted by atomic mass is 9.83. The quantitative estimate of drug-likeness (QED) is 0.819. The van der Waals surface area contributed by atoms with Crippen molar-refractivity contribution in [2.75, 3.05) is 12.3 Å². The lowest BCUT2D eigenvalue weighted by Gasteiger charge is -2.34. The first kappa shape index (κ1) is 13.7. The number of nitrogens with one attached hydrogen (secondary N) is 1. The molecule has 0 aliphatic heterocycles. The van der Waals surface area contributed by atoms with Gasteiger partial charge in [-0.2, -0.15) is 0 Å². The largest absolute Gasteiger partial charge is 0.484 e. The van der Waals surface area contributed by atoms with Crippen LogP contribution >= 0.6 is 0 Å². The van der Waals surface area contributed by atoms with E-state index < -0.39 is 0 Å². The van der Waals surface area contributed by atoms with E-state index in [9.17, 15) is 4.79 Å². The molecule has 1 aromatic carbocycles. The number of carbonyl (C=O) groups excluding carboxylic acids is 1. The van der Waals surface area contributed by atoms with Crippen LogP contribution in [-0.2, 0) is 4.79 Å². The maximum absolute atomic E-state index is 11.9. The topological polar surface area (TPSA) is 64.3 Å². The van der Waals surface area contributed by atoms with Gasteiger partial charge < -0.3 is 15.8 Å². The van der Waals surface area contributed by atoms with Crippen molar-refractivity contribution in [1.29, 1.82) is 0 Å². The Bertz CT molecular complexity index is 440. The van der Waals surface area contributed by atoms with Crippen molar-refractivity contribution in [3.05, 3.63) is 24.3 Å². The highest BCUT2D eigenvalue weighted by molar-refractivity contribution is 5.78. The Morgan fingerprint density at radius 2 is 2.11 bits per heavy atom. The fourth-order valence-corrected chi connectivity index (χ4v) is 2.58. The lowest BCUT2D eigenvalue weighted by Crippen LogP contribution is -2.48. The van der Waals surface area contributed by atoms with Crippen LogP contribution in [-0.4, -0.2) is 18.1 Å². The van der Waals surface area contributed by atoms with Gasteiger partial charge in [0.05, 0.1) is 0 Å². The van der Waals surface area contributed by atoms with E-state index in [0.717, 1.165) is 12.8 Å². The summed E-state index contributed by atoms with van der Waals surface area (Å²) in [5, 5.41) is 3.08. The Kier molecular flexibility index (Phi) is 4.30. The molecule has 0 saturated heterocycles. The first-order valence-corrected chi connectivity index (χ1v) is 6.87. The summed E-state index contributed by atoms with van der Waals surface area (Å²) in [5.74, 6) is 0.566. The van der Waals surface area contributed by atoms with Gasteiger partial charge in [0, 0.05) is 17.3 Å². The molecule has 2 rings (SSSR count). The van der Waals surface area contributed by atoms with E-state index >= 15 is 0 Å². The number of carbonyl (C=O) groups is 1. The van der Waals surface area contributed by atoms with Crippen molar-refractivity contribution in [1.82, 2.24) is 5.32 Å². The smallest absolute Gasteiger partial charge is 0.258 e. The zero-order valence-corrected chi connectivity index (χ0v) is 11.4. The normalized spacial score (nSPS) is 17.7. The van der Waals surface area contributed by atoms with Gasteiger partial charge in [-0.3, -0.25) is 4.79 Å². The van der Waals surface area contributed by atoms with Crippen LogP contribution in [0, 0.1) is 0 Å². The van der Waals surface area contributed by atoms with Gasteiger partial charge in [-0.25, -0.2) is 0 Å². The number of amides is 1. The van der Waals surface area contributed by atoms with E-state index in [4.69, 9.17) is 10.5 Å². The van der Waals surface area contributed by atoms with Crippen molar-refractivity contribution < 1.29 is 9.53 Å². The highest BCUT2D eigenvalue weighted by Gasteiger charge is 2.28. The average Bonchev–Trinajstić information content (AvgIpc) is 2.37. The van der Waals surface area contributed by atoms with E-state index in [-0.39, 0.29) is 18.1 Å². The number of anilines is 1. The average molecular weight is 262 g/mol. The summed E-state index contributed by atoms with van der Waals surface area (Å²) in [7, 11) is 0. The van der Waals surface area contributed by atoms with Gasteiger partial charge in [0.2, 0.25) is 0 Å². The van der Waals surface area contributed by atoms with E-state index in [2.05, 4.69) is 12.2 Å². The number of rotatable bonds is 4. The predicted molar refractivity (Wildman–Crippen MR) is 76.0 cm³/mol. The van der Waals surface area contributed by atoms with Crippen LogP contribution in [0.25, 0.3) is 0 Å². The van der Waals surface area contributed by atoms with Crippen molar-refractivity contribution in [3.8, 4) is 5.75 Å². The fraction of sp³-hybridized carbons (Fsp3) is 0.533. The van der Waals surface area contributed by atoms with Crippen molar-refractivity contribution in [2.45, 2.75) is 44.6 Å². The highest BCUT2D eigenvalue weighted by atomic mass is 16.5. The molecule has 0 unspecified atom stereocenters. The van der Waals surface area contributed by atoms with E-state index in [0.29, 0.717) is 11.4 Å². The number of hydrogen-bond donors (Lipinski definition) is 2. The molecule has 1 saturated carbocycles. The molecule has 104 valence electrons. The molecular formula is C15H22N2O2. The van der Waals surface area contributed by atoms with Crippen LogP contribution in [0.2, 0.25) is 0 Å². The Balaban J connectivity index is 1.81. The van der Waals surface area contributed by atoms with Gasteiger partial charge in [0.25, 0.3) is 5.91 Å². The van der Waals surface area contributed by atoms with Gasteiger partial charge in [0.1, 0.15) is 5.75 Å². The number of nitrogens with two attached hydrogens (primary N) is 1. The van der Waals surface area contributed by atoms with Crippen molar-refractivity contribution >= 4 is 11.6 Å². The van der Waals surface area contributed by atoms with E-state index in [1.54, 1.807) is 18.2 Å². The fourth-order valence-electron chi connectivity index (χ4n) is 2.58. The van der Waals surface area contributed by atoms with Gasteiger partial charge in [-0.1, -0.05) is 25.3 Å². The highest BCUT2D eigenvalue weighted by Crippen LogP contribution is 2.27. The van der Waals surface area contributed by atoms with E-state index in [1.807, 2.05) is 6.07 Å². The molecule has 4 nitrogen and oxygen atoms in total. The summed E-state index contributed by atoms with van der Waals surface area (Å²) in [5.41, 5.74) is 6.23. The van der Waals surface area contributed by atoms with Crippen LogP contribution in [0.4, 0.5) is 5.69 Å². The maximum atomic E-state index is 11.9. The standard InChI is InChI=1S/C15H22N2O2/c1-15(8-3-2-4-9-15)17-14(18)11-19-13-7-5-6-12(16)10-13/h5-7,10H,2-4,8-9,11,16H2,1H3,(H,17,18). The second-order valence-corrected chi connectivity index (χ2v) is 5.53. The van der Waals surface area contributed by atoms with Crippen LogP contribution in [0.5, 0.6) is 5.75 Å². The maximum Gasteiger partial charge on any atom is 0.258 e. The number of nitrogen functional groups attached to an aromatic ring is 1. The van der Waals surface area contributed by atoms with Crippen molar-refractivity contribution in [3.63, 3.8) is 0 Å². The molecule has 1 aliphatic carbocycles. The summed E-state index contributed by atoms with van der Waals surface area (Å²) < 4.78 is 5.44. The molecule has 1 amide bonds. The van der Waals surface area contributed by atoms with E-state index in [1.165, 1.54) is 19.3 Å². The lowest BCUT2D eigenvalue weighted by molar-refractivity contribution is -0.125. The molecule has 0 bridgehead atoms. The Morgan fingerprint density at radius 1 is 1.37 bits per heavy atom. The van der Waals surface area contributed by atoms with Gasteiger partial charge in [-0.15, -0.1) is 0 Å². The third kappa shape index (κ3) is 4.16. The van der Waals surface area contributed by atoms with Gasteiger partial charge in [-0.05, 0) is 31.9 Å². The first-order valence-electron chi connectivity index (χ1n) is 6.87. The Labute approximate surface area is 114 Å². The predicted octanol–water partition coefficient (Wildman–Crippen LogP) is 2.49. The summed E-state index contributed by atoms with van der Waals surface area (Å²) in [6.45, 7) is 2.16. The van der Waals surface area contributed by atoms with Crippen LogP contribution in [0.15, 0.2) is 24.3 Å². The molecule has 0 atom stereocenters. The second-order valence-electron chi connectivity index (χ2n) is 5.53. The minimum absolute atomic E-state index is 0.0407. The van der Waals surface area contributed by atoms with Crippen LogP contribution in [0.1, 0.15) is 39.0 Å². The summed E-state index contributed by atoms with van der Waals surface area (Å²) in [6.07, 6.45) is 5.75. The SMILES string of the molecule is CC1(NC(=O)COc2cccc(N)c2)CCCCC1. The summed E-state index contributed by atoms with van der Waals surface area (Å²) >= 11 is 0. The second kappa shape index (κ2) is 5.95. The molecule has 0 aromatic heterocycles. The Hall–Kier alpha value is -1.71. The summed E-state index contributed by atoms with van der Waals surface area (Å²) in [6, 6.07) is 7.11. The zero-order chi connectivity index (χ0) is 13.7. The monoisotopic (exact) mass is 262 g/mol. The number of ether oxygens (including phenoxy) is 1. The minimum atomic E-state index is -0.0631. The minimum Gasteiger partial charge on any atom is -0.484 e. The van der Waals surface area contributed by atoms with Gasteiger partial charge >= 0.3 is 0 Å². The third-order valence-corrected chi connectivity index (χ3v) is 3.63. The van der Waals surface area contributed by atoms with Crippen LogP contribution in [0.3, 0.4) is 0 Å². The first-order chi connectivity index (χ1) is 9.07. The molecule has 1 aliphatic rings. The van der Waals surface area contributed by atoms with Crippen LogP contribution < -0.4 is 15.8 Å². The molecule has 3 N–H and O–H groups in total. The molecule has 1 aromatic rings. The number of benzene rings is 1. The molecule has 0 heterocycles. The molecule has 1 fully saturated rings. The molecule has 19 heavy (non-hydrogen) atoms. The van der Waals surface area contributed by atoms with Crippen molar-refractivity contribution in [2.24, 2.45) is 0 Å². The molecule has 4 heteroatoms. The zero-order valence-electron chi connectivity index (χ0n) is 11.4.